The van der Waals surface area contributed by atoms with Crippen LogP contribution in [0.15, 0.2) is 0 Å². The van der Waals surface area contributed by atoms with Crippen molar-refractivity contribution in [2.45, 2.75) is 49.8 Å². The predicted octanol–water partition coefficient (Wildman–Crippen LogP) is 1.34. The molecule has 0 radical (unpaired) electrons. The fourth-order valence-corrected chi connectivity index (χ4v) is 3.55. The zero-order valence-electron chi connectivity index (χ0n) is 9.41. The first-order valence-electron chi connectivity index (χ1n) is 5.98. The van der Waals surface area contributed by atoms with Crippen molar-refractivity contribution in [3.63, 3.8) is 0 Å². The van der Waals surface area contributed by atoms with Crippen LogP contribution in [0.25, 0.3) is 0 Å². The molecule has 15 heavy (non-hydrogen) atoms. The molecule has 4 heteroatoms. The number of nitrogens with one attached hydrogen (secondary N) is 1. The summed E-state index contributed by atoms with van der Waals surface area (Å²) in [6.07, 6.45) is 7.98. The van der Waals surface area contributed by atoms with E-state index in [2.05, 4.69) is 5.32 Å². The Balaban J connectivity index is 1.80. The van der Waals surface area contributed by atoms with Crippen molar-refractivity contribution in [1.82, 2.24) is 5.32 Å². The molecule has 2 fully saturated rings. The van der Waals surface area contributed by atoms with Gasteiger partial charge in [0, 0.05) is 12.3 Å². The first-order chi connectivity index (χ1) is 7.05. The van der Waals surface area contributed by atoms with Gasteiger partial charge in [-0.05, 0) is 44.6 Å². The third-order valence-electron chi connectivity index (χ3n) is 3.62. The molecule has 0 aliphatic heterocycles. The lowest BCUT2D eigenvalue weighted by Crippen LogP contribution is -2.39. The molecule has 2 aliphatic rings. The van der Waals surface area contributed by atoms with E-state index in [1.165, 1.54) is 19.1 Å². The van der Waals surface area contributed by atoms with E-state index in [1.54, 1.807) is 0 Å². The molecule has 2 saturated carbocycles. The molecule has 2 atom stereocenters. The van der Waals surface area contributed by atoms with Crippen molar-refractivity contribution in [2.75, 3.05) is 12.8 Å². The number of hydrogen-bond acceptors (Lipinski definition) is 3. The van der Waals surface area contributed by atoms with Crippen LogP contribution < -0.4 is 5.32 Å². The van der Waals surface area contributed by atoms with Crippen molar-refractivity contribution >= 4 is 9.84 Å². The van der Waals surface area contributed by atoms with E-state index >= 15 is 0 Å². The second-order valence-corrected chi connectivity index (χ2v) is 7.49. The quantitative estimate of drug-likeness (QED) is 0.794. The van der Waals surface area contributed by atoms with E-state index in [0.717, 1.165) is 38.1 Å². The average Bonchev–Trinajstić information content (AvgIpc) is 2.97. The van der Waals surface area contributed by atoms with Gasteiger partial charge in [0.05, 0.1) is 5.25 Å². The molecule has 0 heterocycles. The molecule has 88 valence electrons. The van der Waals surface area contributed by atoms with E-state index in [4.69, 9.17) is 0 Å². The Bertz CT molecular complexity index is 309. The lowest BCUT2D eigenvalue weighted by molar-refractivity contribution is 0.368. The van der Waals surface area contributed by atoms with Gasteiger partial charge in [-0.1, -0.05) is 6.42 Å². The second-order valence-electron chi connectivity index (χ2n) is 5.17. The van der Waals surface area contributed by atoms with Crippen LogP contribution in [0.4, 0.5) is 0 Å². The summed E-state index contributed by atoms with van der Waals surface area (Å²) in [5.74, 6) is 0.878. The van der Waals surface area contributed by atoms with Gasteiger partial charge in [-0.25, -0.2) is 8.42 Å². The van der Waals surface area contributed by atoms with Gasteiger partial charge < -0.3 is 5.32 Å². The molecule has 0 aromatic carbocycles. The van der Waals surface area contributed by atoms with Gasteiger partial charge in [0.25, 0.3) is 0 Å². The van der Waals surface area contributed by atoms with Gasteiger partial charge in [0.15, 0.2) is 0 Å². The predicted molar refractivity (Wildman–Crippen MR) is 61.6 cm³/mol. The highest BCUT2D eigenvalue weighted by Crippen LogP contribution is 2.29. The molecule has 0 aromatic rings. The minimum atomic E-state index is -2.82. The zero-order valence-corrected chi connectivity index (χ0v) is 10.2. The van der Waals surface area contributed by atoms with Crippen LogP contribution >= 0.6 is 0 Å². The van der Waals surface area contributed by atoms with Crippen LogP contribution in [-0.4, -0.2) is 32.5 Å². The van der Waals surface area contributed by atoms with Crippen LogP contribution in [0.5, 0.6) is 0 Å². The molecule has 2 unspecified atom stereocenters. The summed E-state index contributed by atoms with van der Waals surface area (Å²) in [6.45, 7) is 1.10. The van der Waals surface area contributed by atoms with Crippen molar-refractivity contribution in [1.29, 1.82) is 0 Å². The summed E-state index contributed by atoms with van der Waals surface area (Å²) in [6, 6.07) is 0.444. The largest absolute Gasteiger partial charge is 0.314 e. The third-order valence-corrected chi connectivity index (χ3v) is 5.26. The first kappa shape index (κ1) is 11.4. The Morgan fingerprint density at radius 1 is 1.20 bits per heavy atom. The van der Waals surface area contributed by atoms with E-state index in [1.807, 2.05) is 0 Å². The van der Waals surface area contributed by atoms with Gasteiger partial charge in [0.2, 0.25) is 0 Å². The summed E-state index contributed by atoms with van der Waals surface area (Å²) >= 11 is 0. The van der Waals surface area contributed by atoms with E-state index < -0.39 is 9.84 Å². The summed E-state index contributed by atoms with van der Waals surface area (Å²) in [5, 5.41) is 3.43. The maximum Gasteiger partial charge on any atom is 0.150 e. The van der Waals surface area contributed by atoms with E-state index in [9.17, 15) is 8.42 Å². The standard InChI is InChI=1S/C11H21NO2S/c1-15(13,14)11-4-2-3-10(7-11)12-8-9-5-6-9/h9-12H,2-8H2,1H3. The first-order valence-corrected chi connectivity index (χ1v) is 7.93. The minimum absolute atomic E-state index is 0.0945. The van der Waals surface area contributed by atoms with Crippen LogP contribution in [0.2, 0.25) is 0 Å². The Labute approximate surface area is 92.6 Å². The fourth-order valence-electron chi connectivity index (χ4n) is 2.37. The van der Waals surface area contributed by atoms with Crippen molar-refractivity contribution < 1.29 is 8.42 Å². The summed E-state index contributed by atoms with van der Waals surface area (Å²) in [4.78, 5) is 0. The third kappa shape index (κ3) is 3.45. The Hall–Kier alpha value is -0.0900. The topological polar surface area (TPSA) is 46.2 Å². The number of hydrogen-bond donors (Lipinski definition) is 1. The van der Waals surface area contributed by atoms with Crippen LogP contribution in [-0.2, 0) is 9.84 Å². The summed E-state index contributed by atoms with van der Waals surface area (Å²) in [5.41, 5.74) is 0. The molecule has 1 N–H and O–H groups in total. The van der Waals surface area contributed by atoms with Crippen LogP contribution in [0.1, 0.15) is 38.5 Å². The second kappa shape index (κ2) is 4.42. The number of sulfone groups is 1. The van der Waals surface area contributed by atoms with Crippen LogP contribution in [0, 0.1) is 5.92 Å². The molecule has 0 bridgehead atoms. The molecule has 0 amide bonds. The highest BCUT2D eigenvalue weighted by Gasteiger charge is 2.29. The average molecular weight is 231 g/mol. The lowest BCUT2D eigenvalue weighted by atomic mass is 9.95. The monoisotopic (exact) mass is 231 g/mol. The van der Waals surface area contributed by atoms with Crippen molar-refractivity contribution in [3.8, 4) is 0 Å². The SMILES string of the molecule is CS(=O)(=O)C1CCCC(NCC2CC2)C1. The maximum absolute atomic E-state index is 11.5. The molecular formula is C11H21NO2S. The highest BCUT2D eigenvalue weighted by atomic mass is 32.2. The molecule has 0 saturated heterocycles. The zero-order chi connectivity index (χ0) is 10.9. The summed E-state index contributed by atoms with van der Waals surface area (Å²) < 4.78 is 22.9. The highest BCUT2D eigenvalue weighted by molar-refractivity contribution is 7.91. The normalized spacial score (nSPS) is 32.9. The summed E-state index contributed by atoms with van der Waals surface area (Å²) in [7, 11) is -2.82. The van der Waals surface area contributed by atoms with Gasteiger partial charge >= 0.3 is 0 Å². The maximum atomic E-state index is 11.5. The molecule has 0 aromatic heterocycles. The Morgan fingerprint density at radius 2 is 1.93 bits per heavy atom. The molecule has 0 spiro atoms. The van der Waals surface area contributed by atoms with Crippen LogP contribution in [0.3, 0.4) is 0 Å². The fraction of sp³-hybridized carbons (Fsp3) is 1.00. The Morgan fingerprint density at radius 3 is 2.53 bits per heavy atom. The molecule has 3 nitrogen and oxygen atoms in total. The smallest absolute Gasteiger partial charge is 0.150 e. The number of rotatable bonds is 4. The van der Waals surface area contributed by atoms with E-state index in [0.29, 0.717) is 6.04 Å². The van der Waals surface area contributed by atoms with Crippen molar-refractivity contribution in [2.24, 2.45) is 5.92 Å². The molecular weight excluding hydrogens is 210 g/mol. The molecule has 2 aliphatic carbocycles. The van der Waals surface area contributed by atoms with Crippen molar-refractivity contribution in [3.05, 3.63) is 0 Å². The van der Waals surface area contributed by atoms with Gasteiger partial charge in [-0.15, -0.1) is 0 Å². The van der Waals surface area contributed by atoms with Gasteiger partial charge in [-0.2, -0.15) is 0 Å². The van der Waals surface area contributed by atoms with E-state index in [-0.39, 0.29) is 5.25 Å². The van der Waals surface area contributed by atoms with Gasteiger partial charge in [-0.3, -0.25) is 0 Å². The molecule has 2 rings (SSSR count). The van der Waals surface area contributed by atoms with Gasteiger partial charge in [0.1, 0.15) is 9.84 Å². The minimum Gasteiger partial charge on any atom is -0.314 e. The Kier molecular flexibility index (Phi) is 3.36. The lowest BCUT2D eigenvalue weighted by Gasteiger charge is -2.28.